The summed E-state index contributed by atoms with van der Waals surface area (Å²) in [6, 6.07) is 0. The fraction of sp³-hybridized carbons (Fsp3) is 0.917. The van der Waals surface area contributed by atoms with Gasteiger partial charge >= 0.3 is 0 Å². The summed E-state index contributed by atoms with van der Waals surface area (Å²) in [5.74, 6) is 0.776. The van der Waals surface area contributed by atoms with Gasteiger partial charge in [-0.05, 0) is 44.7 Å². The summed E-state index contributed by atoms with van der Waals surface area (Å²) < 4.78 is 5.90. The van der Waals surface area contributed by atoms with Gasteiger partial charge in [-0.3, -0.25) is 4.79 Å². The fourth-order valence-electron chi connectivity index (χ4n) is 2.70. The van der Waals surface area contributed by atoms with E-state index < -0.39 is 0 Å². The third-order valence-electron chi connectivity index (χ3n) is 3.68. The minimum absolute atomic E-state index is 0.122. The lowest BCUT2D eigenvalue weighted by atomic mass is 9.91. The van der Waals surface area contributed by atoms with Crippen LogP contribution in [0.25, 0.3) is 0 Å². The lowest BCUT2D eigenvalue weighted by molar-refractivity contribution is -0.141. The maximum Gasteiger partial charge on any atom is 0.251 e. The van der Waals surface area contributed by atoms with Crippen LogP contribution >= 0.6 is 0 Å². The molecule has 2 saturated heterocycles. The molecule has 2 aliphatic heterocycles. The van der Waals surface area contributed by atoms with Crippen molar-refractivity contribution in [3.63, 3.8) is 0 Å². The van der Waals surface area contributed by atoms with Gasteiger partial charge in [-0.1, -0.05) is 0 Å². The molecule has 2 rings (SSSR count). The zero-order valence-electron chi connectivity index (χ0n) is 10.2. The smallest absolute Gasteiger partial charge is 0.251 e. The normalized spacial score (nSPS) is 31.6. The first kappa shape index (κ1) is 11.9. The van der Waals surface area contributed by atoms with E-state index in [1.165, 1.54) is 12.8 Å². The van der Waals surface area contributed by atoms with Crippen molar-refractivity contribution >= 4 is 5.91 Å². The molecule has 0 aromatic rings. The predicted octanol–water partition coefficient (Wildman–Crippen LogP) is 0.622. The van der Waals surface area contributed by atoms with E-state index in [1.54, 1.807) is 19.0 Å². The summed E-state index contributed by atoms with van der Waals surface area (Å²) in [7, 11) is 3.59. The first-order valence-electron chi connectivity index (χ1n) is 6.26. The predicted molar refractivity (Wildman–Crippen MR) is 62.2 cm³/mol. The van der Waals surface area contributed by atoms with Crippen LogP contribution in [0.2, 0.25) is 0 Å². The minimum atomic E-state index is -0.185. The van der Waals surface area contributed by atoms with Crippen LogP contribution in [0.15, 0.2) is 0 Å². The molecule has 0 aromatic heterocycles. The molecule has 2 atom stereocenters. The van der Waals surface area contributed by atoms with Crippen molar-refractivity contribution in [2.75, 3.05) is 27.2 Å². The molecule has 2 aliphatic rings. The van der Waals surface area contributed by atoms with E-state index >= 15 is 0 Å². The van der Waals surface area contributed by atoms with Crippen LogP contribution in [0, 0.1) is 5.92 Å². The fourth-order valence-corrected chi connectivity index (χ4v) is 2.70. The number of piperidine rings is 1. The number of nitrogens with zero attached hydrogens (tertiary/aromatic N) is 1. The van der Waals surface area contributed by atoms with Crippen molar-refractivity contribution < 1.29 is 9.53 Å². The Hall–Kier alpha value is -0.610. The van der Waals surface area contributed by atoms with E-state index in [9.17, 15) is 4.79 Å². The molecule has 4 nitrogen and oxygen atoms in total. The van der Waals surface area contributed by atoms with Gasteiger partial charge in [-0.2, -0.15) is 0 Å². The number of ether oxygens (including phenoxy) is 1. The SMILES string of the molecule is CN(C)C(=O)[C@H]1CC[C@@H](C2CCNCC2)O1. The van der Waals surface area contributed by atoms with Gasteiger partial charge in [0, 0.05) is 14.1 Å². The van der Waals surface area contributed by atoms with Gasteiger partial charge < -0.3 is 15.0 Å². The van der Waals surface area contributed by atoms with Gasteiger partial charge in [0.05, 0.1) is 6.10 Å². The maximum absolute atomic E-state index is 11.8. The van der Waals surface area contributed by atoms with Crippen molar-refractivity contribution in [2.45, 2.75) is 37.9 Å². The molecular weight excluding hydrogens is 204 g/mol. The standard InChI is InChI=1S/C12H22N2O2/c1-14(2)12(15)11-4-3-10(16-11)9-5-7-13-8-6-9/h9-11,13H,3-8H2,1-2H3/t10-,11+/m0/s1. The molecule has 0 aromatic carbocycles. The Balaban J connectivity index is 1.85. The second kappa shape index (κ2) is 5.15. The van der Waals surface area contributed by atoms with Crippen LogP contribution in [0.3, 0.4) is 0 Å². The Kier molecular flexibility index (Phi) is 3.82. The van der Waals surface area contributed by atoms with Crippen molar-refractivity contribution in [3.8, 4) is 0 Å². The van der Waals surface area contributed by atoms with Gasteiger partial charge in [-0.25, -0.2) is 0 Å². The molecule has 2 heterocycles. The zero-order valence-corrected chi connectivity index (χ0v) is 10.2. The molecule has 1 N–H and O–H groups in total. The summed E-state index contributed by atoms with van der Waals surface area (Å²) in [5.41, 5.74) is 0. The molecule has 1 amide bonds. The summed E-state index contributed by atoms with van der Waals surface area (Å²) in [4.78, 5) is 13.4. The van der Waals surface area contributed by atoms with E-state index in [4.69, 9.17) is 4.74 Å². The van der Waals surface area contributed by atoms with Crippen molar-refractivity contribution in [3.05, 3.63) is 0 Å². The van der Waals surface area contributed by atoms with Gasteiger partial charge in [0.15, 0.2) is 0 Å². The summed E-state index contributed by atoms with van der Waals surface area (Å²) in [5, 5.41) is 3.36. The van der Waals surface area contributed by atoms with Crippen molar-refractivity contribution in [1.29, 1.82) is 0 Å². The number of rotatable bonds is 2. The number of carbonyl (C=O) groups excluding carboxylic acids is 1. The number of likely N-dealkylation sites (N-methyl/N-ethyl adjacent to an activating group) is 1. The molecule has 0 radical (unpaired) electrons. The van der Waals surface area contributed by atoms with Crippen LogP contribution < -0.4 is 5.32 Å². The lowest BCUT2D eigenvalue weighted by Gasteiger charge is -2.28. The molecule has 0 saturated carbocycles. The van der Waals surface area contributed by atoms with Crippen LogP contribution in [0.1, 0.15) is 25.7 Å². The Morgan fingerprint density at radius 3 is 2.50 bits per heavy atom. The molecule has 0 spiro atoms. The van der Waals surface area contributed by atoms with Crippen LogP contribution in [-0.2, 0) is 9.53 Å². The lowest BCUT2D eigenvalue weighted by Crippen LogP contribution is -2.37. The number of hydrogen-bond donors (Lipinski definition) is 1. The topological polar surface area (TPSA) is 41.6 Å². The minimum Gasteiger partial charge on any atom is -0.365 e. The highest BCUT2D eigenvalue weighted by atomic mass is 16.5. The molecule has 16 heavy (non-hydrogen) atoms. The zero-order chi connectivity index (χ0) is 11.5. The summed E-state index contributed by atoms with van der Waals surface area (Å²) >= 11 is 0. The van der Waals surface area contributed by atoms with E-state index in [-0.39, 0.29) is 12.0 Å². The van der Waals surface area contributed by atoms with Crippen LogP contribution in [0.5, 0.6) is 0 Å². The Morgan fingerprint density at radius 2 is 1.88 bits per heavy atom. The number of amides is 1. The number of carbonyl (C=O) groups is 1. The second-order valence-electron chi connectivity index (χ2n) is 5.06. The number of hydrogen-bond acceptors (Lipinski definition) is 3. The summed E-state index contributed by atoms with van der Waals surface area (Å²) in [6.07, 6.45) is 4.45. The monoisotopic (exact) mass is 226 g/mol. The molecular formula is C12H22N2O2. The van der Waals surface area contributed by atoms with E-state index in [1.807, 2.05) is 0 Å². The molecule has 92 valence electrons. The first-order valence-corrected chi connectivity index (χ1v) is 6.26. The van der Waals surface area contributed by atoms with Crippen molar-refractivity contribution in [1.82, 2.24) is 10.2 Å². The molecule has 0 aliphatic carbocycles. The Labute approximate surface area is 97.3 Å². The molecule has 4 heteroatoms. The largest absolute Gasteiger partial charge is 0.365 e. The van der Waals surface area contributed by atoms with Crippen molar-refractivity contribution in [2.24, 2.45) is 5.92 Å². The highest BCUT2D eigenvalue weighted by Crippen LogP contribution is 2.30. The first-order chi connectivity index (χ1) is 7.68. The average Bonchev–Trinajstić information content (AvgIpc) is 2.78. The van der Waals surface area contributed by atoms with E-state index in [0.29, 0.717) is 12.0 Å². The second-order valence-corrected chi connectivity index (χ2v) is 5.06. The molecule has 2 fully saturated rings. The molecule has 0 unspecified atom stereocenters. The van der Waals surface area contributed by atoms with Gasteiger partial charge in [-0.15, -0.1) is 0 Å². The Bertz CT molecular complexity index is 249. The molecule has 0 bridgehead atoms. The Morgan fingerprint density at radius 1 is 1.19 bits per heavy atom. The van der Waals surface area contributed by atoms with Gasteiger partial charge in [0.25, 0.3) is 5.91 Å². The maximum atomic E-state index is 11.8. The highest BCUT2D eigenvalue weighted by molar-refractivity contribution is 5.80. The number of nitrogens with one attached hydrogen (secondary N) is 1. The average molecular weight is 226 g/mol. The van der Waals surface area contributed by atoms with Gasteiger partial charge in [0.1, 0.15) is 6.10 Å². The summed E-state index contributed by atoms with van der Waals surface area (Å²) in [6.45, 7) is 2.19. The van der Waals surface area contributed by atoms with Gasteiger partial charge in [0.2, 0.25) is 0 Å². The highest BCUT2D eigenvalue weighted by Gasteiger charge is 2.36. The third-order valence-corrected chi connectivity index (χ3v) is 3.68. The van der Waals surface area contributed by atoms with Crippen LogP contribution in [-0.4, -0.2) is 50.2 Å². The van der Waals surface area contributed by atoms with E-state index in [2.05, 4.69) is 5.32 Å². The van der Waals surface area contributed by atoms with Crippen LogP contribution in [0.4, 0.5) is 0 Å². The van der Waals surface area contributed by atoms with E-state index in [0.717, 1.165) is 25.9 Å². The quantitative estimate of drug-likeness (QED) is 0.750. The third kappa shape index (κ3) is 2.55.